The molecule has 2 heterocycles. The maximum absolute atomic E-state index is 12.0. The van der Waals surface area contributed by atoms with Crippen LogP contribution in [0.2, 0.25) is 0 Å². The van der Waals surface area contributed by atoms with Crippen molar-refractivity contribution in [2.24, 2.45) is 11.8 Å². The van der Waals surface area contributed by atoms with E-state index in [1.165, 1.54) is 6.42 Å². The highest BCUT2D eigenvalue weighted by Gasteiger charge is 2.25. The summed E-state index contributed by atoms with van der Waals surface area (Å²) in [7, 11) is 0. The zero-order chi connectivity index (χ0) is 13.8. The Balaban J connectivity index is 1.74. The van der Waals surface area contributed by atoms with Crippen LogP contribution in [0.1, 0.15) is 32.0 Å². The lowest BCUT2D eigenvalue weighted by atomic mass is 9.92. The van der Waals surface area contributed by atoms with Crippen LogP contribution in [0.3, 0.4) is 0 Å². The molecule has 0 bridgehead atoms. The van der Waals surface area contributed by atoms with Crippen molar-refractivity contribution in [3.05, 3.63) is 11.7 Å². The van der Waals surface area contributed by atoms with E-state index in [0.29, 0.717) is 36.5 Å². The first-order chi connectivity index (χ1) is 9.04. The van der Waals surface area contributed by atoms with Gasteiger partial charge in [0.2, 0.25) is 5.89 Å². The highest BCUT2D eigenvalue weighted by Crippen LogP contribution is 2.20. The maximum Gasteiger partial charge on any atom is 0.317 e. The lowest BCUT2D eigenvalue weighted by Gasteiger charge is -2.34. The van der Waals surface area contributed by atoms with Gasteiger partial charge in [-0.25, -0.2) is 4.79 Å². The monoisotopic (exact) mass is 266 g/mol. The average Bonchev–Trinajstić information content (AvgIpc) is 2.73. The molecule has 0 aromatic carbocycles. The predicted molar refractivity (Wildman–Crippen MR) is 70.7 cm³/mol. The molecule has 2 rings (SSSR count). The lowest BCUT2D eigenvalue weighted by molar-refractivity contribution is 0.146. The highest BCUT2D eigenvalue weighted by molar-refractivity contribution is 5.74. The van der Waals surface area contributed by atoms with E-state index in [1.807, 2.05) is 4.90 Å². The Hall–Kier alpha value is -1.59. The molecule has 6 heteroatoms. The summed E-state index contributed by atoms with van der Waals surface area (Å²) in [6, 6.07) is 0.00892. The Morgan fingerprint density at radius 1 is 1.42 bits per heavy atom. The van der Waals surface area contributed by atoms with Crippen molar-refractivity contribution in [1.82, 2.24) is 20.4 Å². The molecule has 6 nitrogen and oxygen atoms in total. The number of nitrogens with one attached hydrogen (secondary N) is 1. The summed E-state index contributed by atoms with van der Waals surface area (Å²) in [4.78, 5) is 18.0. The zero-order valence-electron chi connectivity index (χ0n) is 11.8. The largest absolute Gasteiger partial charge is 0.339 e. The van der Waals surface area contributed by atoms with Crippen molar-refractivity contribution in [1.29, 1.82) is 0 Å². The minimum absolute atomic E-state index is 0.00892. The van der Waals surface area contributed by atoms with E-state index in [-0.39, 0.29) is 6.03 Å². The molecule has 0 aliphatic carbocycles. The smallest absolute Gasteiger partial charge is 0.317 e. The fourth-order valence-corrected chi connectivity index (χ4v) is 2.66. The van der Waals surface area contributed by atoms with E-state index in [9.17, 15) is 4.79 Å². The van der Waals surface area contributed by atoms with Gasteiger partial charge in [-0.1, -0.05) is 19.0 Å². The summed E-state index contributed by atoms with van der Waals surface area (Å²) in [5.74, 6) is 2.35. The van der Waals surface area contributed by atoms with E-state index in [1.54, 1.807) is 6.92 Å². The fourth-order valence-electron chi connectivity index (χ4n) is 2.66. The number of rotatable bonds is 3. The molecule has 1 aromatic heterocycles. The lowest BCUT2D eigenvalue weighted by Crippen LogP contribution is -2.47. The summed E-state index contributed by atoms with van der Waals surface area (Å²) in [6.07, 6.45) is 1.77. The first-order valence-corrected chi connectivity index (χ1v) is 6.86. The quantitative estimate of drug-likeness (QED) is 0.902. The third kappa shape index (κ3) is 3.94. The van der Waals surface area contributed by atoms with Gasteiger partial charge in [0.1, 0.15) is 0 Å². The molecule has 0 spiro atoms. The minimum Gasteiger partial charge on any atom is -0.339 e. The number of aromatic nitrogens is 2. The molecule has 2 amide bonds. The number of carbonyl (C=O) groups is 1. The topological polar surface area (TPSA) is 71.3 Å². The number of carbonyl (C=O) groups excluding carboxylic acids is 1. The number of hydrogen-bond acceptors (Lipinski definition) is 4. The van der Waals surface area contributed by atoms with E-state index in [0.717, 1.165) is 13.1 Å². The Bertz CT molecular complexity index is 422. The molecule has 0 radical (unpaired) electrons. The maximum atomic E-state index is 12.0. The second-order valence-electron chi connectivity index (χ2n) is 5.57. The first-order valence-electron chi connectivity index (χ1n) is 6.86. The van der Waals surface area contributed by atoms with Crippen LogP contribution in [0.4, 0.5) is 4.79 Å². The number of hydrogen-bond donors (Lipinski definition) is 1. The molecule has 19 heavy (non-hydrogen) atoms. The van der Waals surface area contributed by atoms with Crippen LogP contribution >= 0.6 is 0 Å². The van der Waals surface area contributed by atoms with Gasteiger partial charge in [0, 0.05) is 26.1 Å². The number of aryl methyl sites for hydroxylation is 1. The van der Waals surface area contributed by atoms with Gasteiger partial charge in [-0.15, -0.1) is 0 Å². The third-order valence-electron chi connectivity index (χ3n) is 3.34. The summed E-state index contributed by atoms with van der Waals surface area (Å²) in [5, 5.41) is 6.63. The Morgan fingerprint density at radius 3 is 2.68 bits per heavy atom. The van der Waals surface area contributed by atoms with E-state index < -0.39 is 0 Å². The fraction of sp³-hybridized carbons (Fsp3) is 0.769. The van der Waals surface area contributed by atoms with Crippen LogP contribution in [0, 0.1) is 18.8 Å². The number of nitrogens with zero attached hydrogens (tertiary/aromatic N) is 3. The van der Waals surface area contributed by atoms with Gasteiger partial charge in [0.25, 0.3) is 0 Å². The second kappa shape index (κ2) is 6.04. The van der Waals surface area contributed by atoms with Crippen molar-refractivity contribution in [2.45, 2.75) is 33.6 Å². The minimum atomic E-state index is 0.00892. The average molecular weight is 266 g/mol. The second-order valence-corrected chi connectivity index (χ2v) is 5.57. The molecule has 2 atom stereocenters. The van der Waals surface area contributed by atoms with Crippen LogP contribution in [0.25, 0.3) is 0 Å². The van der Waals surface area contributed by atoms with Crippen LogP contribution in [-0.4, -0.2) is 40.7 Å². The number of urea groups is 1. The van der Waals surface area contributed by atoms with Crippen molar-refractivity contribution in [3.8, 4) is 0 Å². The number of amides is 2. The van der Waals surface area contributed by atoms with Gasteiger partial charge >= 0.3 is 6.03 Å². The molecule has 1 fully saturated rings. The SMILES string of the molecule is Cc1noc(CCNC(=O)N2C[C@H](C)C[C@H](C)C2)n1. The Labute approximate surface area is 113 Å². The molecule has 1 aromatic rings. The zero-order valence-corrected chi connectivity index (χ0v) is 11.8. The molecule has 0 unspecified atom stereocenters. The van der Waals surface area contributed by atoms with Crippen molar-refractivity contribution >= 4 is 6.03 Å². The van der Waals surface area contributed by atoms with Crippen LogP contribution in [0.15, 0.2) is 4.52 Å². The summed E-state index contributed by atoms with van der Waals surface area (Å²) >= 11 is 0. The van der Waals surface area contributed by atoms with Crippen molar-refractivity contribution in [3.63, 3.8) is 0 Å². The summed E-state index contributed by atoms with van der Waals surface area (Å²) in [6.45, 7) is 8.38. The summed E-state index contributed by atoms with van der Waals surface area (Å²) < 4.78 is 5.00. The predicted octanol–water partition coefficient (Wildman–Crippen LogP) is 1.61. The molecule has 1 saturated heterocycles. The van der Waals surface area contributed by atoms with E-state index in [4.69, 9.17) is 4.52 Å². The van der Waals surface area contributed by atoms with Crippen molar-refractivity contribution in [2.75, 3.05) is 19.6 Å². The Morgan fingerprint density at radius 2 is 2.11 bits per heavy atom. The number of likely N-dealkylation sites (tertiary alicyclic amines) is 1. The molecule has 1 aliphatic heterocycles. The summed E-state index contributed by atoms with van der Waals surface area (Å²) in [5.41, 5.74) is 0. The molecule has 106 valence electrons. The molecular formula is C13H22N4O2. The number of piperidine rings is 1. The van der Waals surface area contributed by atoms with Crippen LogP contribution in [-0.2, 0) is 6.42 Å². The van der Waals surface area contributed by atoms with Crippen LogP contribution < -0.4 is 5.32 Å². The van der Waals surface area contributed by atoms with E-state index >= 15 is 0 Å². The van der Waals surface area contributed by atoms with Gasteiger partial charge in [0.05, 0.1) is 0 Å². The van der Waals surface area contributed by atoms with Gasteiger partial charge in [-0.2, -0.15) is 4.98 Å². The molecule has 1 N–H and O–H groups in total. The Kier molecular flexibility index (Phi) is 4.39. The van der Waals surface area contributed by atoms with Crippen LogP contribution in [0.5, 0.6) is 0 Å². The molecule has 1 aliphatic rings. The normalized spacial score (nSPS) is 23.4. The van der Waals surface area contributed by atoms with Gasteiger partial charge in [-0.05, 0) is 25.2 Å². The molecular weight excluding hydrogens is 244 g/mol. The first kappa shape index (κ1) is 13.8. The molecule has 0 saturated carbocycles. The van der Waals surface area contributed by atoms with E-state index in [2.05, 4.69) is 29.3 Å². The van der Waals surface area contributed by atoms with Gasteiger partial charge in [0.15, 0.2) is 5.82 Å². The van der Waals surface area contributed by atoms with Gasteiger partial charge < -0.3 is 14.7 Å². The van der Waals surface area contributed by atoms with Crippen molar-refractivity contribution < 1.29 is 9.32 Å². The van der Waals surface area contributed by atoms with Gasteiger partial charge in [-0.3, -0.25) is 0 Å². The standard InChI is InChI=1S/C13H22N4O2/c1-9-6-10(2)8-17(7-9)13(18)14-5-4-12-15-11(3)16-19-12/h9-10H,4-8H2,1-3H3,(H,14,18)/t9-,10+. The highest BCUT2D eigenvalue weighted by atomic mass is 16.5. The third-order valence-corrected chi connectivity index (χ3v) is 3.34.